The van der Waals surface area contributed by atoms with Gasteiger partial charge in [0.15, 0.2) is 49.5 Å². The number of carbonyl (C=O) groups is 6. The third-order valence-electron chi connectivity index (χ3n) is 10.6. The summed E-state index contributed by atoms with van der Waals surface area (Å²) in [6.45, 7) is 3.65. The first kappa shape index (κ1) is 57.0. The maximum Gasteiger partial charge on any atom is 0.303 e. The monoisotopic (exact) mass is 1020 g/mol. The number of ether oxygens (including phenoxy) is 12. The number of alkyl halides is 1. The molecule has 1 saturated carbocycles. The molecule has 3 heterocycles. The van der Waals surface area contributed by atoms with Gasteiger partial charge in [0.25, 0.3) is 0 Å². The van der Waals surface area contributed by atoms with Gasteiger partial charge in [-0.1, -0.05) is 30.7 Å². The number of hydrogen-bond acceptors (Lipinski definition) is 24. The predicted octanol–water partition coefficient (Wildman–Crippen LogP) is 3.62. The molecule has 390 valence electrons. The normalized spacial score (nSPS) is 34.6. The molecule has 3 saturated heterocycles. The van der Waals surface area contributed by atoms with Crippen molar-refractivity contribution < 1.29 is 90.0 Å². The van der Waals surface area contributed by atoms with Crippen LogP contribution in [0.4, 0.5) is 4.39 Å². The highest BCUT2D eigenvalue weighted by molar-refractivity contribution is 5.68. The zero-order valence-electron chi connectivity index (χ0n) is 38.6. The lowest BCUT2D eigenvalue weighted by molar-refractivity contribution is -0.304. The van der Waals surface area contributed by atoms with Crippen molar-refractivity contribution in [3.05, 3.63) is 62.7 Å². The molecule has 0 radical (unpaired) electrons. The third-order valence-corrected chi connectivity index (χ3v) is 10.6. The summed E-state index contributed by atoms with van der Waals surface area (Å²) in [7, 11) is 0. The van der Waals surface area contributed by atoms with Crippen LogP contribution >= 0.6 is 0 Å². The number of esters is 6. The average molecular weight is 1020 g/mol. The largest absolute Gasteiger partial charge is 0.463 e. The summed E-state index contributed by atoms with van der Waals surface area (Å²) in [5, 5.41) is 21.4. The van der Waals surface area contributed by atoms with Gasteiger partial charge >= 0.3 is 35.8 Å². The highest BCUT2D eigenvalue weighted by atomic mass is 19.1. The minimum Gasteiger partial charge on any atom is -0.463 e. The van der Waals surface area contributed by atoms with Crippen LogP contribution in [0, 0.1) is 0 Å². The van der Waals surface area contributed by atoms with Gasteiger partial charge in [0, 0.05) is 71.0 Å². The molecule has 36 nitrogen and oxygen atoms in total. The molecule has 0 aromatic carbocycles. The number of rotatable bonds is 21. The van der Waals surface area contributed by atoms with Crippen LogP contribution in [0.15, 0.2) is 30.7 Å². The molecule has 72 heavy (non-hydrogen) atoms. The highest BCUT2D eigenvalue weighted by Gasteiger charge is 2.59. The number of hydrogen-bond donors (Lipinski definition) is 0. The summed E-state index contributed by atoms with van der Waals surface area (Å²) in [6.07, 6.45) is -28.5. The van der Waals surface area contributed by atoms with Gasteiger partial charge in [-0.3, -0.25) is 28.8 Å². The molecule has 0 unspecified atom stereocenters. The van der Waals surface area contributed by atoms with Gasteiger partial charge in [-0.05, 0) is 39.6 Å². The molecule has 4 fully saturated rings. The molecular weight excluding hydrogens is 979 g/mol. The zero-order chi connectivity index (χ0) is 53.2. The molecule has 0 aromatic rings. The Bertz CT molecular complexity index is 2320. The Labute approximate surface area is 402 Å². The lowest BCUT2D eigenvalue weighted by Gasteiger charge is -2.47. The second-order valence-corrected chi connectivity index (χ2v) is 15.5. The Morgan fingerprint density at radius 1 is 0.458 bits per heavy atom. The van der Waals surface area contributed by atoms with Gasteiger partial charge in [-0.2, -0.15) is 0 Å². The number of azide groups is 6. The number of nitrogens with zero attached hydrogens (tertiary/aromatic N) is 18. The molecule has 0 bridgehead atoms. The zero-order valence-corrected chi connectivity index (χ0v) is 38.6. The van der Waals surface area contributed by atoms with Crippen LogP contribution in [0.25, 0.3) is 62.7 Å². The van der Waals surface area contributed by atoms with E-state index in [1.807, 2.05) is 0 Å². The van der Waals surface area contributed by atoms with Crippen LogP contribution in [0.3, 0.4) is 0 Å². The van der Waals surface area contributed by atoms with E-state index in [1.54, 1.807) is 0 Å². The summed E-state index contributed by atoms with van der Waals surface area (Å²) in [5.41, 5.74) is 56.8. The molecule has 19 atom stereocenters. The quantitative estimate of drug-likeness (QED) is 0.0521. The first-order valence-corrected chi connectivity index (χ1v) is 21.1. The molecule has 0 aromatic heterocycles. The fraction of sp³-hybridized carbons (Fsp3) is 0.829. The van der Waals surface area contributed by atoms with Crippen molar-refractivity contribution in [1.82, 2.24) is 0 Å². The summed E-state index contributed by atoms with van der Waals surface area (Å²) >= 11 is 0. The SMILES string of the molecule is CC(=O)OC[C@H]1O[C@@H](O[C@@H]2[C@@H](OC(C)=O)[C@H](N=[N+]=[N-])C[C@H](N=[N+]=[N-])[C@H]2O[C@H]2O[C@H](CN=[N+]=[N-])[C@@H](OC(C)=O)[C@@H](F)[C@H]2N=[N+]=[N-])[C@H](OC(C)=O)[C@@H]1O[C@H]1O[C@@H](CN=[N+]=[N-])[C@@H](OC(C)=O)[C@H](OC(C)=O)[C@H]1N=[N+]=[N-]. The Hall–Kier alpha value is -7.63. The van der Waals surface area contributed by atoms with Gasteiger partial charge in [0.2, 0.25) is 0 Å². The van der Waals surface area contributed by atoms with Crippen molar-refractivity contribution in [2.75, 3.05) is 19.7 Å². The summed E-state index contributed by atoms with van der Waals surface area (Å²) in [4.78, 5) is 91.0. The van der Waals surface area contributed by atoms with Crippen molar-refractivity contribution in [3.63, 3.8) is 0 Å². The number of halogens is 1. The minimum atomic E-state index is -2.46. The fourth-order valence-corrected chi connectivity index (χ4v) is 8.12. The van der Waals surface area contributed by atoms with E-state index in [1.165, 1.54) is 0 Å². The van der Waals surface area contributed by atoms with Crippen LogP contribution in [-0.4, -0.2) is 172 Å². The lowest BCUT2D eigenvalue weighted by Crippen LogP contribution is -2.64. The summed E-state index contributed by atoms with van der Waals surface area (Å²) in [5.74, 6) is -5.97. The second kappa shape index (κ2) is 27.1. The summed E-state index contributed by atoms with van der Waals surface area (Å²) < 4.78 is 85.9. The van der Waals surface area contributed by atoms with E-state index >= 15 is 4.39 Å². The fourth-order valence-electron chi connectivity index (χ4n) is 8.12. The predicted molar refractivity (Wildman–Crippen MR) is 224 cm³/mol. The smallest absolute Gasteiger partial charge is 0.303 e. The molecule has 0 amide bonds. The van der Waals surface area contributed by atoms with Crippen LogP contribution < -0.4 is 0 Å². The van der Waals surface area contributed by atoms with Crippen LogP contribution in [0.2, 0.25) is 0 Å². The van der Waals surface area contributed by atoms with Gasteiger partial charge in [0.05, 0.1) is 31.3 Å². The minimum absolute atomic E-state index is 0.513. The van der Waals surface area contributed by atoms with Gasteiger partial charge in [0.1, 0.15) is 55.3 Å². The van der Waals surface area contributed by atoms with Gasteiger partial charge in [-0.25, -0.2) is 4.39 Å². The van der Waals surface area contributed by atoms with Gasteiger partial charge in [-0.15, -0.1) is 0 Å². The van der Waals surface area contributed by atoms with E-state index in [9.17, 15) is 50.9 Å². The lowest BCUT2D eigenvalue weighted by atomic mass is 9.83. The Kier molecular flexibility index (Phi) is 21.4. The first-order valence-electron chi connectivity index (χ1n) is 21.1. The number of carbonyl (C=O) groups excluding carboxylic acids is 6. The van der Waals surface area contributed by atoms with E-state index in [4.69, 9.17) is 67.9 Å². The summed E-state index contributed by atoms with van der Waals surface area (Å²) in [6, 6.07) is -6.95. The van der Waals surface area contributed by atoms with Crippen molar-refractivity contribution >= 4 is 35.8 Å². The van der Waals surface area contributed by atoms with Crippen molar-refractivity contribution in [2.45, 2.75) is 164 Å². The maximum atomic E-state index is 16.4. The van der Waals surface area contributed by atoms with Crippen molar-refractivity contribution in [3.8, 4) is 0 Å². The van der Waals surface area contributed by atoms with Crippen molar-refractivity contribution in [2.24, 2.45) is 30.7 Å². The molecule has 4 aliphatic rings. The second-order valence-electron chi connectivity index (χ2n) is 15.5. The molecular formula is C35H45FN18O18. The standard InChI is InChI=1S/C35H45FN18O18/c1-11(55)61-10-21-29(71-34-24(48-54-42)30(65-15(5)59)28(64-14(4)58)20(68-34)9-44-50-38)32(66-16(6)60)35(69-21)72-31-25(62-12(2)56)17(45-51-39)7-18(46-52-40)26(31)70-33-23(47-53-41)22(36)27(63-13(3)57)19(67-33)8-43-49-37/h17-35H,7-10H2,1-6H3/t17-,18+,19-,20+,21-,22+,23-,24-,25+,26-,27-,28-,29-,30-,31-,32-,33-,34-,35+/m1/s1. The highest BCUT2D eigenvalue weighted by Crippen LogP contribution is 2.41. The molecule has 3 aliphatic heterocycles. The van der Waals surface area contributed by atoms with Crippen LogP contribution in [0.1, 0.15) is 48.0 Å². The molecule has 0 spiro atoms. The van der Waals surface area contributed by atoms with E-state index in [0.717, 1.165) is 41.5 Å². The average Bonchev–Trinajstić information content (AvgIpc) is 3.61. The maximum absolute atomic E-state index is 16.4. The van der Waals surface area contributed by atoms with Crippen LogP contribution in [-0.2, 0) is 85.6 Å². The van der Waals surface area contributed by atoms with E-state index in [-0.39, 0.29) is 0 Å². The first-order chi connectivity index (χ1) is 34.3. The van der Waals surface area contributed by atoms with Crippen molar-refractivity contribution in [1.29, 1.82) is 0 Å². The topological polar surface area (TPSA) is 506 Å². The van der Waals surface area contributed by atoms with E-state index < -0.39 is 178 Å². The Morgan fingerprint density at radius 3 is 1.39 bits per heavy atom. The molecule has 0 N–H and O–H groups in total. The van der Waals surface area contributed by atoms with Gasteiger partial charge < -0.3 is 56.8 Å². The molecule has 37 heteroatoms. The molecule has 1 aliphatic carbocycles. The van der Waals surface area contributed by atoms with E-state index in [0.29, 0.717) is 0 Å². The Balaban J connectivity index is 1.92. The molecule has 4 rings (SSSR count). The third kappa shape index (κ3) is 14.9. The van der Waals surface area contributed by atoms with E-state index in [2.05, 4.69) is 60.2 Å². The van der Waals surface area contributed by atoms with Crippen LogP contribution in [0.5, 0.6) is 0 Å². The Morgan fingerprint density at radius 2 is 0.875 bits per heavy atom.